The van der Waals surface area contributed by atoms with Crippen LogP contribution in [0.25, 0.3) is 0 Å². The maximum Gasteiger partial charge on any atom is 0.263 e. The predicted molar refractivity (Wildman–Crippen MR) is 65.0 cm³/mol. The van der Waals surface area contributed by atoms with E-state index in [1.165, 1.54) is 10.3 Å². The van der Waals surface area contributed by atoms with E-state index in [-0.39, 0.29) is 9.77 Å². The molecule has 2 aromatic rings. The van der Waals surface area contributed by atoms with E-state index in [0.717, 1.165) is 20.9 Å². The summed E-state index contributed by atoms with van der Waals surface area (Å²) in [6.07, 6.45) is 3.50. The Balaban J connectivity index is 2.06. The Morgan fingerprint density at radius 3 is 2.93 bits per heavy atom. The van der Waals surface area contributed by atoms with Crippen molar-refractivity contribution >= 4 is 37.3 Å². The maximum absolute atomic E-state index is 11.1. The fraction of sp³-hybridized carbons (Fsp3) is 0.111. The van der Waals surface area contributed by atoms with Crippen molar-refractivity contribution in [2.75, 3.05) is 5.32 Å². The van der Waals surface area contributed by atoms with Gasteiger partial charge in [0.2, 0.25) is 0 Å². The van der Waals surface area contributed by atoms with E-state index < -0.39 is 0 Å². The van der Waals surface area contributed by atoms with Gasteiger partial charge in [-0.1, -0.05) is 28.0 Å². The summed E-state index contributed by atoms with van der Waals surface area (Å²) in [5.74, 6) is 0. The molecule has 3 nitrogen and oxygen atoms in total. The summed E-state index contributed by atoms with van der Waals surface area (Å²) < 4.78 is -0.0876. The van der Waals surface area contributed by atoms with Crippen LogP contribution in [0.3, 0.4) is 0 Å². The minimum absolute atomic E-state index is 0.0876. The fourth-order valence-electron chi connectivity index (χ4n) is 1.04. The highest BCUT2D eigenvalue weighted by atomic mass is 35.5. The lowest BCUT2D eigenvalue weighted by Gasteiger charge is -2.02. The van der Waals surface area contributed by atoms with E-state index in [0.29, 0.717) is 6.54 Å². The Morgan fingerprint density at radius 1 is 1.47 bits per heavy atom. The Morgan fingerprint density at radius 2 is 2.33 bits per heavy atom. The summed E-state index contributed by atoms with van der Waals surface area (Å²) in [6.45, 7) is 0.625. The van der Waals surface area contributed by atoms with Crippen LogP contribution >= 0.6 is 32.3 Å². The van der Waals surface area contributed by atoms with Gasteiger partial charge in [0.1, 0.15) is 10.0 Å². The molecule has 2 aromatic heterocycles. The third-order valence-corrected chi connectivity index (χ3v) is 4.50. The lowest BCUT2D eigenvalue weighted by atomic mass is 10.3. The predicted octanol–water partition coefficient (Wildman–Crippen LogP) is 2.83. The van der Waals surface area contributed by atoms with Gasteiger partial charge in [-0.2, -0.15) is 0 Å². The molecule has 0 saturated carbocycles. The summed E-state index contributed by atoms with van der Waals surface area (Å²) in [6, 6.07) is 3.83. The number of nitrogens with one attached hydrogen (secondary N) is 1. The monoisotopic (exact) mass is 258 g/mol. The number of pyridine rings is 1. The molecule has 15 heavy (non-hydrogen) atoms. The first-order chi connectivity index (χ1) is 7.27. The molecule has 6 heteroatoms. The molecule has 0 unspecified atom stereocenters. The van der Waals surface area contributed by atoms with Gasteiger partial charge in [-0.05, 0) is 22.0 Å². The molecular weight excluding hydrogens is 252 g/mol. The van der Waals surface area contributed by atoms with E-state index in [1.54, 1.807) is 12.4 Å². The van der Waals surface area contributed by atoms with Crippen LogP contribution in [0.15, 0.2) is 29.3 Å². The minimum atomic E-state index is -0.0876. The van der Waals surface area contributed by atoms with E-state index in [1.807, 2.05) is 12.1 Å². The second-order valence-corrected chi connectivity index (χ2v) is 5.30. The molecule has 0 saturated heterocycles. The van der Waals surface area contributed by atoms with Crippen molar-refractivity contribution in [1.29, 1.82) is 0 Å². The topological polar surface area (TPSA) is 42.0 Å². The normalized spacial score (nSPS) is 10.2. The zero-order valence-electron chi connectivity index (χ0n) is 7.57. The second kappa shape index (κ2) is 4.74. The lowest BCUT2D eigenvalue weighted by Crippen LogP contribution is -1.99. The molecule has 0 aliphatic rings. The van der Waals surface area contributed by atoms with E-state index in [9.17, 15) is 4.79 Å². The van der Waals surface area contributed by atoms with Crippen LogP contribution in [-0.2, 0) is 6.54 Å². The van der Waals surface area contributed by atoms with Gasteiger partial charge < -0.3 is 5.32 Å². The average molecular weight is 259 g/mol. The molecular formula is C9H7ClN2OS2. The first kappa shape index (κ1) is 10.6. The van der Waals surface area contributed by atoms with Crippen molar-refractivity contribution in [3.8, 4) is 0 Å². The molecule has 78 valence electrons. The summed E-state index contributed by atoms with van der Waals surface area (Å²) in [4.78, 5) is 15.1. The quantitative estimate of drug-likeness (QED) is 0.861. The summed E-state index contributed by atoms with van der Waals surface area (Å²) >= 11 is 5.81. The van der Waals surface area contributed by atoms with Crippen LogP contribution < -0.4 is 10.1 Å². The molecule has 2 rings (SSSR count). The van der Waals surface area contributed by atoms with Crippen molar-refractivity contribution in [1.82, 2.24) is 4.98 Å². The fourth-order valence-corrected chi connectivity index (χ4v) is 3.46. The van der Waals surface area contributed by atoms with Gasteiger partial charge in [0.05, 0.1) is 0 Å². The SMILES string of the molecule is O=c1ssc(NCc2cccnc2)c1Cl. The molecule has 0 amide bonds. The van der Waals surface area contributed by atoms with Crippen LogP contribution in [0.1, 0.15) is 5.56 Å². The largest absolute Gasteiger partial charge is 0.371 e. The molecule has 0 atom stereocenters. The number of halogens is 1. The Labute approximate surface area is 98.8 Å². The lowest BCUT2D eigenvalue weighted by molar-refractivity contribution is 1.12. The van der Waals surface area contributed by atoms with Crippen LogP contribution in [-0.4, -0.2) is 4.98 Å². The summed E-state index contributed by atoms with van der Waals surface area (Å²) in [5.41, 5.74) is 1.06. The van der Waals surface area contributed by atoms with Gasteiger partial charge in [-0.25, -0.2) is 0 Å². The van der Waals surface area contributed by atoms with E-state index in [4.69, 9.17) is 11.6 Å². The number of aromatic nitrogens is 1. The average Bonchev–Trinajstić information content (AvgIpc) is 2.59. The standard InChI is InChI=1S/C9H7ClN2OS2/c10-7-8(14-15-9(7)13)12-5-6-2-1-3-11-4-6/h1-4,12H,5H2. The zero-order chi connectivity index (χ0) is 10.7. The van der Waals surface area contributed by atoms with Crippen molar-refractivity contribution in [2.24, 2.45) is 0 Å². The highest BCUT2D eigenvalue weighted by Gasteiger charge is 2.07. The molecule has 0 radical (unpaired) electrons. The van der Waals surface area contributed by atoms with Crippen molar-refractivity contribution in [3.05, 3.63) is 44.6 Å². The third kappa shape index (κ3) is 2.56. The molecule has 0 bridgehead atoms. The molecule has 0 spiro atoms. The van der Waals surface area contributed by atoms with Gasteiger partial charge >= 0.3 is 0 Å². The van der Waals surface area contributed by atoms with Crippen LogP contribution in [0.4, 0.5) is 5.00 Å². The van der Waals surface area contributed by atoms with Gasteiger partial charge in [0.15, 0.2) is 0 Å². The maximum atomic E-state index is 11.1. The smallest absolute Gasteiger partial charge is 0.263 e. The van der Waals surface area contributed by atoms with Crippen LogP contribution in [0, 0.1) is 0 Å². The molecule has 0 fully saturated rings. The van der Waals surface area contributed by atoms with Gasteiger partial charge in [-0.15, -0.1) is 0 Å². The Bertz CT molecular complexity index is 494. The first-order valence-corrected chi connectivity index (χ1v) is 6.71. The second-order valence-electron chi connectivity index (χ2n) is 2.81. The summed E-state index contributed by atoms with van der Waals surface area (Å²) in [7, 11) is 2.50. The van der Waals surface area contributed by atoms with E-state index >= 15 is 0 Å². The summed E-state index contributed by atoms with van der Waals surface area (Å²) in [5, 5.41) is 4.13. The number of hydrogen-bond acceptors (Lipinski definition) is 5. The highest BCUT2D eigenvalue weighted by molar-refractivity contribution is 7.70. The first-order valence-electron chi connectivity index (χ1n) is 4.19. The van der Waals surface area contributed by atoms with Gasteiger partial charge in [0.25, 0.3) is 4.74 Å². The third-order valence-electron chi connectivity index (χ3n) is 1.76. The Hall–Kier alpha value is -0.910. The van der Waals surface area contributed by atoms with Crippen molar-refractivity contribution in [3.63, 3.8) is 0 Å². The number of hydrogen-bond donors (Lipinski definition) is 1. The van der Waals surface area contributed by atoms with Crippen LogP contribution in [0.5, 0.6) is 0 Å². The minimum Gasteiger partial charge on any atom is -0.371 e. The molecule has 0 aliphatic carbocycles. The van der Waals surface area contributed by atoms with Gasteiger partial charge in [-0.3, -0.25) is 9.78 Å². The molecule has 0 aliphatic heterocycles. The number of anilines is 1. The molecule has 2 heterocycles. The molecule has 0 aromatic carbocycles. The van der Waals surface area contributed by atoms with Crippen molar-refractivity contribution in [2.45, 2.75) is 6.54 Å². The van der Waals surface area contributed by atoms with Crippen LogP contribution in [0.2, 0.25) is 5.02 Å². The highest BCUT2D eigenvalue weighted by Crippen LogP contribution is 2.27. The Kier molecular flexibility index (Phi) is 3.35. The van der Waals surface area contributed by atoms with Gasteiger partial charge in [0, 0.05) is 18.9 Å². The number of nitrogens with zero attached hydrogens (tertiary/aromatic N) is 1. The van der Waals surface area contributed by atoms with Crippen molar-refractivity contribution < 1.29 is 0 Å². The zero-order valence-corrected chi connectivity index (χ0v) is 9.96. The number of rotatable bonds is 3. The van der Waals surface area contributed by atoms with E-state index in [2.05, 4.69) is 10.3 Å². The molecule has 1 N–H and O–H groups in total.